The second kappa shape index (κ2) is 14.2. The molecule has 2 aliphatic heterocycles. The van der Waals surface area contributed by atoms with Crippen molar-refractivity contribution in [3.8, 4) is 17.0 Å². The van der Waals surface area contributed by atoms with Crippen molar-refractivity contribution in [2.45, 2.75) is 44.9 Å². The zero-order valence-corrected chi connectivity index (χ0v) is 27.3. The molecule has 0 radical (unpaired) electrons. The largest absolute Gasteiger partial charge is 0.434 e. The molecular formula is C32H36ClF2N9O4. The first-order valence-corrected chi connectivity index (χ1v) is 16.1. The van der Waals surface area contributed by atoms with E-state index in [0.717, 1.165) is 38.8 Å². The zero-order valence-electron chi connectivity index (χ0n) is 26.6. The van der Waals surface area contributed by atoms with Gasteiger partial charge < -0.3 is 19.9 Å². The number of likely N-dealkylation sites (N-methyl/N-ethyl adjacent to an activating group) is 1. The lowest BCUT2D eigenvalue weighted by Gasteiger charge is -2.35. The number of halogens is 3. The van der Waals surface area contributed by atoms with Gasteiger partial charge in [0.1, 0.15) is 23.6 Å². The number of carbonyl (C=O) groups is 3. The van der Waals surface area contributed by atoms with E-state index in [9.17, 15) is 23.2 Å². The van der Waals surface area contributed by atoms with Crippen molar-refractivity contribution in [1.29, 1.82) is 0 Å². The number of nitrogens with one attached hydrogen (secondary N) is 1. The lowest BCUT2D eigenvalue weighted by Crippen LogP contribution is -2.47. The Balaban J connectivity index is 1.18. The van der Waals surface area contributed by atoms with Crippen LogP contribution in [0.5, 0.6) is 5.75 Å². The van der Waals surface area contributed by atoms with E-state index in [1.54, 1.807) is 36.2 Å². The van der Waals surface area contributed by atoms with Gasteiger partial charge in [-0.05, 0) is 62.4 Å². The van der Waals surface area contributed by atoms with Gasteiger partial charge in [-0.3, -0.25) is 24.0 Å². The fourth-order valence-electron chi connectivity index (χ4n) is 6.41. The summed E-state index contributed by atoms with van der Waals surface area (Å²) >= 11 is 6.24. The van der Waals surface area contributed by atoms with Crippen molar-refractivity contribution in [3.63, 3.8) is 0 Å². The van der Waals surface area contributed by atoms with Crippen molar-refractivity contribution >= 4 is 40.7 Å². The van der Waals surface area contributed by atoms with Gasteiger partial charge in [0.25, 0.3) is 5.91 Å². The molecule has 2 fully saturated rings. The molecule has 254 valence electrons. The minimum atomic E-state index is -3.12. The van der Waals surface area contributed by atoms with E-state index in [-0.39, 0.29) is 57.7 Å². The number of amides is 3. The Morgan fingerprint density at radius 3 is 2.69 bits per heavy atom. The number of hydrogen-bond acceptors (Lipinski definition) is 8. The molecule has 13 nitrogen and oxygen atoms in total. The molecule has 3 aromatic heterocycles. The highest BCUT2D eigenvalue weighted by Crippen LogP contribution is 2.37. The Kier molecular flexibility index (Phi) is 9.87. The average Bonchev–Trinajstić information content (AvgIpc) is 3.80. The Morgan fingerprint density at radius 1 is 1.15 bits per heavy atom. The number of fused-ring (bicyclic) bond motifs is 1. The highest BCUT2D eigenvalue weighted by Gasteiger charge is 2.34. The van der Waals surface area contributed by atoms with E-state index in [2.05, 4.69) is 25.4 Å². The van der Waals surface area contributed by atoms with Crippen LogP contribution in [0.15, 0.2) is 49.1 Å². The minimum Gasteiger partial charge on any atom is -0.434 e. The van der Waals surface area contributed by atoms with E-state index in [0.29, 0.717) is 24.7 Å². The molecule has 0 aliphatic carbocycles. The van der Waals surface area contributed by atoms with E-state index in [4.69, 9.17) is 16.3 Å². The molecule has 1 N–H and O–H groups in total. The normalized spacial score (nSPS) is 17.3. The van der Waals surface area contributed by atoms with Crippen molar-refractivity contribution in [2.75, 3.05) is 45.6 Å². The maximum absolute atomic E-state index is 13.5. The second-order valence-corrected chi connectivity index (χ2v) is 12.7. The first kappa shape index (κ1) is 33.3. The number of benzene rings is 1. The van der Waals surface area contributed by atoms with E-state index in [1.807, 2.05) is 0 Å². The molecule has 2 aliphatic rings. The van der Waals surface area contributed by atoms with Crippen molar-refractivity contribution in [1.82, 2.24) is 39.1 Å². The molecule has 3 amide bonds. The fraction of sp³-hybridized carbons (Fsp3) is 0.438. The van der Waals surface area contributed by atoms with Crippen LogP contribution in [0.1, 0.15) is 36.0 Å². The van der Waals surface area contributed by atoms with Crippen LogP contribution in [-0.4, -0.2) is 110 Å². The highest BCUT2D eigenvalue weighted by molar-refractivity contribution is 6.31. The monoisotopic (exact) mass is 683 g/mol. The fourth-order valence-corrected chi connectivity index (χ4v) is 6.59. The van der Waals surface area contributed by atoms with Crippen LogP contribution in [0.3, 0.4) is 0 Å². The number of hydrogen-bond donors (Lipinski definition) is 1. The topological polar surface area (TPSA) is 130 Å². The van der Waals surface area contributed by atoms with Gasteiger partial charge >= 0.3 is 6.61 Å². The molecule has 16 heteroatoms. The van der Waals surface area contributed by atoms with E-state index >= 15 is 0 Å². The van der Waals surface area contributed by atoms with Crippen LogP contribution >= 0.6 is 11.6 Å². The summed E-state index contributed by atoms with van der Waals surface area (Å²) in [6.07, 6.45) is 9.49. The second-order valence-electron chi connectivity index (χ2n) is 12.2. The van der Waals surface area contributed by atoms with Crippen LogP contribution in [-0.2, 0) is 16.1 Å². The third-order valence-electron chi connectivity index (χ3n) is 8.79. The number of rotatable bonds is 10. The third kappa shape index (κ3) is 7.26. The van der Waals surface area contributed by atoms with Crippen LogP contribution < -0.4 is 10.1 Å². The molecule has 5 heterocycles. The van der Waals surface area contributed by atoms with Gasteiger partial charge in [0.2, 0.25) is 11.8 Å². The molecule has 6 rings (SSSR count). The average molecular weight is 684 g/mol. The van der Waals surface area contributed by atoms with Crippen LogP contribution in [0, 0.1) is 5.92 Å². The molecule has 48 heavy (non-hydrogen) atoms. The molecule has 2 saturated heterocycles. The van der Waals surface area contributed by atoms with Gasteiger partial charge in [0.05, 0.1) is 17.9 Å². The first-order valence-electron chi connectivity index (χ1n) is 15.7. The summed E-state index contributed by atoms with van der Waals surface area (Å²) in [5, 5.41) is 11.7. The number of likely N-dealkylation sites (tertiary alicyclic amines) is 2. The Labute approximate surface area is 280 Å². The first-order chi connectivity index (χ1) is 23.1. The molecule has 0 spiro atoms. The zero-order chi connectivity index (χ0) is 33.9. The maximum atomic E-state index is 13.5. The summed E-state index contributed by atoms with van der Waals surface area (Å²) in [7, 11) is 3.57. The molecule has 1 aromatic carbocycles. The quantitative estimate of drug-likeness (QED) is 0.267. The van der Waals surface area contributed by atoms with Gasteiger partial charge in [0.15, 0.2) is 5.65 Å². The molecule has 4 aromatic rings. The highest BCUT2D eigenvalue weighted by atomic mass is 35.5. The van der Waals surface area contributed by atoms with Gasteiger partial charge in [-0.2, -0.15) is 19.0 Å². The van der Waals surface area contributed by atoms with Crippen molar-refractivity contribution in [3.05, 3.63) is 59.6 Å². The van der Waals surface area contributed by atoms with Crippen molar-refractivity contribution in [2.24, 2.45) is 5.92 Å². The summed E-state index contributed by atoms with van der Waals surface area (Å²) in [5.74, 6) is -0.440. The Morgan fingerprint density at radius 2 is 1.94 bits per heavy atom. The number of alkyl halides is 2. The Bertz CT molecular complexity index is 1800. The predicted octanol–water partition coefficient (Wildman–Crippen LogP) is 3.89. The Hall–Kier alpha value is -4.63. The SMILES string of the molecule is CN(C)C(=O)[C@@H]1CCCN1CC1CCN(C(=O)Cn2cc(NC(=O)c3cnn4cccnc34)c(-c3cc(Cl)ccc3OC(F)F)n2)CC1. The van der Waals surface area contributed by atoms with Gasteiger partial charge in [-0.15, -0.1) is 0 Å². The number of aromatic nitrogens is 5. The lowest BCUT2D eigenvalue weighted by atomic mass is 9.95. The van der Waals surface area contributed by atoms with Gasteiger partial charge in [0, 0.05) is 62.9 Å². The maximum Gasteiger partial charge on any atom is 0.387 e. The summed E-state index contributed by atoms with van der Waals surface area (Å²) in [4.78, 5) is 49.4. The van der Waals surface area contributed by atoms with E-state index < -0.39 is 12.5 Å². The predicted molar refractivity (Wildman–Crippen MR) is 173 cm³/mol. The molecular weight excluding hydrogens is 648 g/mol. The van der Waals surface area contributed by atoms with E-state index in [1.165, 1.54) is 46.0 Å². The van der Waals surface area contributed by atoms with Crippen LogP contribution in [0.2, 0.25) is 5.02 Å². The molecule has 0 saturated carbocycles. The van der Waals surface area contributed by atoms with Gasteiger partial charge in [-0.25, -0.2) is 9.50 Å². The molecule has 1 atom stereocenters. The molecule has 0 unspecified atom stereocenters. The molecule has 0 bridgehead atoms. The standard InChI is InChI=1S/C32H36ClF2N9O4/c1-40(2)31(47)25-5-3-11-42(25)17-20-8-13-41(14-9-20)27(45)19-43-18-24(38-30(46)23-16-37-44-12-4-10-36-29(23)44)28(39-43)22-15-21(33)6-7-26(22)48-32(34)35/h4,6-7,10,12,15-16,18,20,25,32H,3,5,8-9,11,13-14,17,19H2,1-2H3,(H,38,46)/t25-/m0/s1. The number of anilines is 1. The van der Waals surface area contributed by atoms with Crippen LogP contribution in [0.25, 0.3) is 16.9 Å². The summed E-state index contributed by atoms with van der Waals surface area (Å²) in [6.45, 7) is -0.433. The van der Waals surface area contributed by atoms with Gasteiger partial charge in [-0.1, -0.05) is 11.6 Å². The number of piperidine rings is 1. The van der Waals surface area contributed by atoms with Crippen LogP contribution in [0.4, 0.5) is 14.5 Å². The number of carbonyl (C=O) groups excluding carboxylic acids is 3. The summed E-state index contributed by atoms with van der Waals surface area (Å²) < 4.78 is 34.2. The third-order valence-corrected chi connectivity index (χ3v) is 9.03. The summed E-state index contributed by atoms with van der Waals surface area (Å²) in [6, 6.07) is 5.69. The summed E-state index contributed by atoms with van der Waals surface area (Å²) in [5.41, 5.74) is 0.836. The minimum absolute atomic E-state index is 0.0846. The lowest BCUT2D eigenvalue weighted by molar-refractivity contribution is -0.133. The smallest absolute Gasteiger partial charge is 0.387 e. The number of ether oxygens (including phenoxy) is 1. The number of nitrogens with zero attached hydrogens (tertiary/aromatic N) is 8. The van der Waals surface area contributed by atoms with Crippen molar-refractivity contribution < 1.29 is 27.9 Å².